The lowest BCUT2D eigenvalue weighted by Crippen LogP contribution is -2.33. The first-order valence-electron chi connectivity index (χ1n) is 8.70. The molecule has 1 aliphatic carbocycles. The fraction of sp³-hybridized carbons (Fsp3) is 0.474. The van der Waals surface area contributed by atoms with Gasteiger partial charge in [-0.3, -0.25) is 0 Å². The Morgan fingerprint density at radius 2 is 1.88 bits per heavy atom. The third-order valence-electron chi connectivity index (χ3n) is 4.65. The third kappa shape index (κ3) is 3.60. The Hall–Kier alpha value is -1.79. The van der Waals surface area contributed by atoms with Crippen molar-refractivity contribution < 1.29 is 13.2 Å². The van der Waals surface area contributed by atoms with E-state index in [-0.39, 0.29) is 6.04 Å². The van der Waals surface area contributed by atoms with E-state index in [0.29, 0.717) is 18.0 Å². The molecule has 2 aromatic rings. The second kappa shape index (κ2) is 6.84. The normalized spacial score (nSPS) is 14.9. The maximum Gasteiger partial charge on any atom is 0.243 e. The molecule has 0 unspecified atom stereocenters. The molecule has 0 amide bonds. The van der Waals surface area contributed by atoms with Crippen LogP contribution in [-0.2, 0) is 23.6 Å². The zero-order valence-electron chi connectivity index (χ0n) is 15.3. The lowest BCUT2D eigenvalue weighted by molar-refractivity contribution is 0.335. The first-order valence-corrected chi connectivity index (χ1v) is 10.1. The van der Waals surface area contributed by atoms with Gasteiger partial charge in [0.25, 0.3) is 0 Å². The summed E-state index contributed by atoms with van der Waals surface area (Å²) in [6.07, 6.45) is 3.80. The molecule has 0 aliphatic heterocycles. The van der Waals surface area contributed by atoms with Gasteiger partial charge in [-0.1, -0.05) is 0 Å². The van der Waals surface area contributed by atoms with Crippen LogP contribution in [0.4, 0.5) is 0 Å². The number of hydrogen-bond acceptors (Lipinski definition) is 3. The number of aryl methyl sites for hydroxylation is 3. The van der Waals surface area contributed by atoms with Crippen LogP contribution in [0.15, 0.2) is 35.4 Å². The predicted molar refractivity (Wildman–Crippen MR) is 98.2 cm³/mol. The third-order valence-corrected chi connectivity index (χ3v) is 6.53. The Labute approximate surface area is 150 Å². The van der Waals surface area contributed by atoms with Crippen molar-refractivity contribution in [2.45, 2.75) is 51.1 Å². The average Bonchev–Trinajstić information content (AvgIpc) is 3.31. The van der Waals surface area contributed by atoms with Crippen LogP contribution < -0.4 is 4.74 Å². The average molecular weight is 362 g/mol. The minimum atomic E-state index is -3.54. The Morgan fingerprint density at radius 1 is 1.24 bits per heavy atom. The van der Waals surface area contributed by atoms with Crippen LogP contribution in [0.2, 0.25) is 0 Å². The fourth-order valence-corrected chi connectivity index (χ4v) is 4.99. The van der Waals surface area contributed by atoms with E-state index in [1.54, 1.807) is 16.4 Å². The van der Waals surface area contributed by atoms with Gasteiger partial charge in [-0.2, -0.15) is 4.31 Å². The first kappa shape index (κ1) is 18.0. The molecule has 25 heavy (non-hydrogen) atoms. The molecular weight excluding hydrogens is 336 g/mol. The van der Waals surface area contributed by atoms with Gasteiger partial charge in [-0.05, 0) is 69.0 Å². The zero-order chi connectivity index (χ0) is 18.2. The van der Waals surface area contributed by atoms with Gasteiger partial charge in [0, 0.05) is 25.0 Å². The van der Waals surface area contributed by atoms with E-state index in [2.05, 4.69) is 0 Å². The van der Waals surface area contributed by atoms with Crippen LogP contribution in [0.1, 0.15) is 36.6 Å². The molecule has 0 spiro atoms. The van der Waals surface area contributed by atoms with Crippen molar-refractivity contribution in [3.05, 3.63) is 47.3 Å². The Kier molecular flexibility index (Phi) is 4.93. The van der Waals surface area contributed by atoms with Gasteiger partial charge in [0.15, 0.2) is 0 Å². The summed E-state index contributed by atoms with van der Waals surface area (Å²) >= 11 is 0. The van der Waals surface area contributed by atoms with E-state index in [1.807, 2.05) is 50.7 Å². The van der Waals surface area contributed by atoms with Gasteiger partial charge in [0.2, 0.25) is 10.0 Å². The molecule has 136 valence electrons. The first-order chi connectivity index (χ1) is 11.8. The smallest absolute Gasteiger partial charge is 0.243 e. The highest BCUT2D eigenvalue weighted by atomic mass is 32.2. The molecule has 0 radical (unpaired) electrons. The van der Waals surface area contributed by atoms with Gasteiger partial charge < -0.3 is 9.30 Å². The summed E-state index contributed by atoms with van der Waals surface area (Å²) in [7, 11) is -1.60. The molecule has 5 nitrogen and oxygen atoms in total. The van der Waals surface area contributed by atoms with E-state index in [9.17, 15) is 8.42 Å². The number of aromatic nitrogens is 1. The highest BCUT2D eigenvalue weighted by molar-refractivity contribution is 7.89. The molecule has 3 rings (SSSR count). The number of sulfonamides is 1. The van der Waals surface area contributed by atoms with Gasteiger partial charge in [0.1, 0.15) is 5.75 Å². The van der Waals surface area contributed by atoms with Gasteiger partial charge in [0.05, 0.1) is 18.0 Å². The Morgan fingerprint density at radius 3 is 2.36 bits per heavy atom. The Bertz CT molecular complexity index is 844. The molecule has 0 N–H and O–H groups in total. The van der Waals surface area contributed by atoms with Gasteiger partial charge in [-0.15, -0.1) is 0 Å². The monoisotopic (exact) mass is 362 g/mol. The number of benzene rings is 1. The van der Waals surface area contributed by atoms with E-state index in [1.165, 1.54) is 0 Å². The second-order valence-corrected chi connectivity index (χ2v) is 8.60. The minimum Gasteiger partial charge on any atom is -0.493 e. The van der Waals surface area contributed by atoms with Crippen LogP contribution in [0.25, 0.3) is 0 Å². The molecular formula is C19H26N2O3S. The highest BCUT2D eigenvalue weighted by Crippen LogP contribution is 2.35. The van der Waals surface area contributed by atoms with E-state index in [4.69, 9.17) is 4.74 Å². The van der Waals surface area contributed by atoms with Crippen molar-refractivity contribution in [2.75, 3.05) is 6.61 Å². The molecule has 1 aromatic heterocycles. The van der Waals surface area contributed by atoms with Crippen molar-refractivity contribution >= 4 is 10.0 Å². The van der Waals surface area contributed by atoms with Crippen LogP contribution in [0.5, 0.6) is 5.75 Å². The van der Waals surface area contributed by atoms with Gasteiger partial charge in [-0.25, -0.2) is 8.42 Å². The number of rotatable bonds is 7. The number of ether oxygens (including phenoxy) is 1. The summed E-state index contributed by atoms with van der Waals surface area (Å²) in [5.74, 6) is 0.779. The lowest BCUT2D eigenvalue weighted by atomic mass is 10.1. The number of hydrogen-bond donors (Lipinski definition) is 0. The van der Waals surface area contributed by atoms with Gasteiger partial charge >= 0.3 is 0 Å². The predicted octanol–water partition coefficient (Wildman–Crippen LogP) is 3.39. The summed E-state index contributed by atoms with van der Waals surface area (Å²) in [6, 6.07) is 7.48. The maximum absolute atomic E-state index is 13.3. The lowest BCUT2D eigenvalue weighted by Gasteiger charge is -2.23. The summed E-state index contributed by atoms with van der Waals surface area (Å²) in [4.78, 5) is 0.354. The van der Waals surface area contributed by atoms with E-state index in [0.717, 1.165) is 35.4 Å². The van der Waals surface area contributed by atoms with Crippen LogP contribution in [-0.4, -0.2) is 29.9 Å². The molecule has 1 aliphatic rings. The number of nitrogens with zero attached hydrogens (tertiary/aromatic N) is 2. The molecule has 6 heteroatoms. The summed E-state index contributed by atoms with van der Waals surface area (Å²) in [5, 5.41) is 0. The van der Waals surface area contributed by atoms with Crippen molar-refractivity contribution in [3.63, 3.8) is 0 Å². The second-order valence-electron chi connectivity index (χ2n) is 6.71. The summed E-state index contributed by atoms with van der Waals surface area (Å²) < 4.78 is 35.9. The molecule has 1 fully saturated rings. The molecule has 1 aromatic carbocycles. The summed E-state index contributed by atoms with van der Waals surface area (Å²) in [5.41, 5.74) is 2.71. The van der Waals surface area contributed by atoms with Crippen LogP contribution >= 0.6 is 0 Å². The van der Waals surface area contributed by atoms with E-state index < -0.39 is 10.0 Å². The highest BCUT2D eigenvalue weighted by Gasteiger charge is 2.38. The SMILES string of the molecule is CCOc1c(C)cc(S(=O)(=O)N(Cc2cccn2C)C2CC2)cc1C. The van der Waals surface area contributed by atoms with Crippen molar-refractivity contribution in [1.82, 2.24) is 8.87 Å². The quantitative estimate of drug-likeness (QED) is 0.759. The van der Waals surface area contributed by atoms with Crippen molar-refractivity contribution in [3.8, 4) is 5.75 Å². The van der Waals surface area contributed by atoms with Crippen molar-refractivity contribution in [1.29, 1.82) is 0 Å². The molecule has 0 bridgehead atoms. The molecule has 0 saturated heterocycles. The molecule has 1 heterocycles. The van der Waals surface area contributed by atoms with Crippen LogP contribution in [0.3, 0.4) is 0 Å². The standard InChI is InChI=1S/C19H26N2O3S/c1-5-24-19-14(2)11-18(12-15(19)3)25(22,23)21(16-8-9-16)13-17-7-6-10-20(17)4/h6-7,10-12,16H,5,8-9,13H2,1-4H3. The molecule has 0 atom stereocenters. The summed E-state index contributed by atoms with van der Waals surface area (Å²) in [6.45, 7) is 6.70. The zero-order valence-corrected chi connectivity index (χ0v) is 16.1. The largest absolute Gasteiger partial charge is 0.493 e. The van der Waals surface area contributed by atoms with Crippen LogP contribution in [0, 0.1) is 13.8 Å². The Balaban J connectivity index is 1.97. The minimum absolute atomic E-state index is 0.104. The van der Waals surface area contributed by atoms with E-state index >= 15 is 0 Å². The maximum atomic E-state index is 13.3. The fourth-order valence-electron chi connectivity index (χ4n) is 3.16. The van der Waals surface area contributed by atoms with Crippen molar-refractivity contribution in [2.24, 2.45) is 7.05 Å². The topological polar surface area (TPSA) is 51.5 Å². The molecule has 1 saturated carbocycles.